The molecule has 1 N–H and O–H groups in total. The predicted molar refractivity (Wildman–Crippen MR) is 152 cm³/mol. The van der Waals surface area contributed by atoms with Crippen LogP contribution in [-0.4, -0.2) is 67.9 Å². The number of halogens is 4. The van der Waals surface area contributed by atoms with Crippen LogP contribution >= 0.6 is 0 Å². The summed E-state index contributed by atoms with van der Waals surface area (Å²) in [5, 5.41) is 3.87. The highest BCUT2D eigenvalue weighted by Crippen LogP contribution is 2.39. The van der Waals surface area contributed by atoms with Gasteiger partial charge in [-0.25, -0.2) is 14.2 Å². The molecule has 43 heavy (non-hydrogen) atoms. The molecule has 1 atom stereocenters. The standard InChI is InChI=1S/C31H30F4N6O2/c1-18(31(33,34)35)19-5-8-38(9-6-19)30(43)40-11-10-39-17-23(22-13-21(32)12-20(16-40)29(22)39)28-27(25(42)15-37-28)24-14-36-26-4-2-3-7-41(24)26/h2-4,7,12-14,17-19,37H,5-6,8-11,15-16H2,1H3. The van der Waals surface area contributed by atoms with Gasteiger partial charge in [0.05, 0.1) is 41.1 Å². The number of amides is 2. The number of pyridine rings is 1. The van der Waals surface area contributed by atoms with E-state index in [0.29, 0.717) is 65.1 Å². The van der Waals surface area contributed by atoms with Crippen molar-refractivity contribution in [3.05, 3.63) is 71.6 Å². The van der Waals surface area contributed by atoms with Crippen LogP contribution in [0.4, 0.5) is 22.4 Å². The highest BCUT2D eigenvalue weighted by atomic mass is 19.4. The number of benzene rings is 1. The number of fused-ring (bicyclic) bond motifs is 1. The highest BCUT2D eigenvalue weighted by molar-refractivity contribution is 6.32. The minimum atomic E-state index is -4.25. The van der Waals surface area contributed by atoms with Crippen molar-refractivity contribution in [3.63, 3.8) is 0 Å². The summed E-state index contributed by atoms with van der Waals surface area (Å²) < 4.78 is 58.6. The summed E-state index contributed by atoms with van der Waals surface area (Å²) in [4.78, 5) is 34.4. The second-order valence-corrected chi connectivity index (χ2v) is 11.7. The molecule has 4 aromatic rings. The van der Waals surface area contributed by atoms with Gasteiger partial charge in [-0.05, 0) is 48.6 Å². The molecule has 12 heteroatoms. The number of imidazole rings is 1. The van der Waals surface area contributed by atoms with E-state index in [1.807, 2.05) is 39.6 Å². The molecule has 1 unspecified atom stereocenters. The first-order valence-electron chi connectivity index (χ1n) is 14.5. The van der Waals surface area contributed by atoms with Crippen LogP contribution in [0.1, 0.15) is 36.6 Å². The van der Waals surface area contributed by atoms with Crippen LogP contribution in [0, 0.1) is 17.7 Å². The normalized spacial score (nSPS) is 19.0. The second kappa shape index (κ2) is 10.1. The van der Waals surface area contributed by atoms with Crippen LogP contribution in [0.2, 0.25) is 0 Å². The minimum absolute atomic E-state index is 0.0876. The molecule has 0 spiro atoms. The molecular weight excluding hydrogens is 564 g/mol. The fourth-order valence-corrected chi connectivity index (χ4v) is 6.82. The Bertz CT molecular complexity index is 1800. The number of hydrogen-bond donors (Lipinski definition) is 1. The lowest BCUT2D eigenvalue weighted by atomic mass is 9.85. The molecule has 8 nitrogen and oxygen atoms in total. The van der Waals surface area contributed by atoms with Crippen molar-refractivity contribution in [1.82, 2.24) is 29.1 Å². The monoisotopic (exact) mass is 594 g/mol. The summed E-state index contributed by atoms with van der Waals surface area (Å²) in [6.07, 6.45) is 1.75. The fraction of sp³-hybridized carbons (Fsp3) is 0.387. The van der Waals surface area contributed by atoms with Crippen LogP contribution in [0.25, 0.3) is 27.8 Å². The third-order valence-electron chi connectivity index (χ3n) is 9.19. The largest absolute Gasteiger partial charge is 0.391 e. The van der Waals surface area contributed by atoms with Crippen LogP contribution in [-0.2, 0) is 17.9 Å². The molecule has 0 aliphatic carbocycles. The number of nitrogens with zero attached hydrogens (tertiary/aromatic N) is 5. The minimum Gasteiger partial charge on any atom is -0.376 e. The molecule has 6 heterocycles. The Morgan fingerprint density at radius 2 is 1.88 bits per heavy atom. The summed E-state index contributed by atoms with van der Waals surface area (Å²) in [5.41, 5.74) is 4.57. The van der Waals surface area contributed by atoms with Crippen molar-refractivity contribution in [2.24, 2.45) is 11.8 Å². The van der Waals surface area contributed by atoms with E-state index in [9.17, 15) is 22.8 Å². The Morgan fingerprint density at radius 1 is 1.09 bits per heavy atom. The summed E-state index contributed by atoms with van der Waals surface area (Å²) in [5.74, 6) is -2.46. The molecular formula is C31H30F4N6O2. The molecule has 1 fully saturated rings. The Balaban J connectivity index is 1.20. The SMILES string of the molecule is CC(C1CCN(C(=O)N2CCn3cc(C4=C(c5cnc6ccccn56)C(=O)CN4)c4cc(F)cc(c43)C2)CC1)C(F)(F)F. The van der Waals surface area contributed by atoms with Crippen molar-refractivity contribution in [2.45, 2.75) is 39.0 Å². The quantitative estimate of drug-likeness (QED) is 0.326. The van der Waals surface area contributed by atoms with Crippen LogP contribution < -0.4 is 5.32 Å². The maximum Gasteiger partial charge on any atom is 0.391 e. The molecule has 0 saturated carbocycles. The fourth-order valence-electron chi connectivity index (χ4n) is 6.82. The number of nitrogens with one attached hydrogen (secondary N) is 1. The molecule has 224 valence electrons. The Morgan fingerprint density at radius 3 is 2.65 bits per heavy atom. The summed E-state index contributed by atoms with van der Waals surface area (Å²) in [7, 11) is 0. The lowest BCUT2D eigenvalue weighted by Gasteiger charge is -2.37. The zero-order valence-electron chi connectivity index (χ0n) is 23.5. The van der Waals surface area contributed by atoms with E-state index in [1.54, 1.807) is 16.0 Å². The van der Waals surface area contributed by atoms with Crippen molar-refractivity contribution in [3.8, 4) is 0 Å². The number of likely N-dealkylation sites (tertiary alicyclic amines) is 1. The van der Waals surface area contributed by atoms with Gasteiger partial charge < -0.3 is 19.7 Å². The van der Waals surface area contributed by atoms with Crippen molar-refractivity contribution in [1.29, 1.82) is 0 Å². The number of piperidine rings is 1. The van der Waals surface area contributed by atoms with Crippen molar-refractivity contribution < 1.29 is 27.2 Å². The Hall–Kier alpha value is -4.35. The topological polar surface area (TPSA) is 74.9 Å². The number of rotatable bonds is 3. The van der Waals surface area contributed by atoms with Crippen LogP contribution in [0.5, 0.6) is 0 Å². The van der Waals surface area contributed by atoms with Gasteiger partial charge in [-0.2, -0.15) is 13.2 Å². The van der Waals surface area contributed by atoms with E-state index < -0.39 is 23.8 Å². The van der Waals surface area contributed by atoms with Gasteiger partial charge in [0.25, 0.3) is 0 Å². The van der Waals surface area contributed by atoms with Gasteiger partial charge in [0.1, 0.15) is 11.5 Å². The van der Waals surface area contributed by atoms with E-state index in [4.69, 9.17) is 0 Å². The molecule has 3 aliphatic rings. The van der Waals surface area contributed by atoms with Gasteiger partial charge in [0.2, 0.25) is 0 Å². The maximum absolute atomic E-state index is 15.1. The first-order chi connectivity index (χ1) is 20.6. The molecule has 3 aliphatic heterocycles. The zero-order valence-corrected chi connectivity index (χ0v) is 23.5. The van der Waals surface area contributed by atoms with E-state index in [0.717, 1.165) is 5.52 Å². The van der Waals surface area contributed by atoms with Crippen molar-refractivity contribution in [2.75, 3.05) is 26.2 Å². The first-order valence-corrected chi connectivity index (χ1v) is 14.5. The zero-order chi connectivity index (χ0) is 30.0. The number of carbonyl (C=O) groups excluding carboxylic acids is 2. The lowest BCUT2D eigenvalue weighted by Crippen LogP contribution is -2.48. The number of Topliss-reactive ketones (excluding diaryl/α,β-unsaturated/α-hetero) is 1. The predicted octanol–water partition coefficient (Wildman–Crippen LogP) is 5.31. The van der Waals surface area contributed by atoms with E-state index >= 15 is 4.39 Å². The number of urea groups is 1. The lowest BCUT2D eigenvalue weighted by molar-refractivity contribution is -0.186. The third kappa shape index (κ3) is 4.63. The molecule has 0 radical (unpaired) electrons. The molecule has 3 aromatic heterocycles. The summed E-state index contributed by atoms with van der Waals surface area (Å²) >= 11 is 0. The van der Waals surface area contributed by atoms with E-state index in [1.165, 1.54) is 19.1 Å². The number of alkyl halides is 3. The third-order valence-corrected chi connectivity index (χ3v) is 9.19. The average molecular weight is 595 g/mol. The summed E-state index contributed by atoms with van der Waals surface area (Å²) in [6.45, 7) is 2.80. The molecule has 0 bridgehead atoms. The second-order valence-electron chi connectivity index (χ2n) is 11.7. The number of aromatic nitrogens is 3. The van der Waals surface area contributed by atoms with Gasteiger partial charge in [0, 0.05) is 56.1 Å². The van der Waals surface area contributed by atoms with Crippen LogP contribution in [0.15, 0.2) is 48.9 Å². The summed E-state index contributed by atoms with van der Waals surface area (Å²) in [6, 6.07) is 8.23. The van der Waals surface area contributed by atoms with E-state index in [2.05, 4.69) is 10.3 Å². The molecule has 1 saturated heterocycles. The Kier molecular flexibility index (Phi) is 6.48. The molecule has 2 amide bonds. The maximum atomic E-state index is 15.1. The van der Waals surface area contributed by atoms with Gasteiger partial charge in [-0.3, -0.25) is 9.20 Å². The van der Waals surface area contributed by atoms with Gasteiger partial charge in [0.15, 0.2) is 5.78 Å². The highest BCUT2D eigenvalue weighted by Gasteiger charge is 2.42. The number of ketones is 1. The molecule has 7 rings (SSSR count). The Labute approximate surface area is 244 Å². The van der Waals surface area contributed by atoms with E-state index in [-0.39, 0.29) is 38.0 Å². The van der Waals surface area contributed by atoms with Crippen LogP contribution in [0.3, 0.4) is 0 Å². The number of hydrogen-bond acceptors (Lipinski definition) is 4. The smallest absolute Gasteiger partial charge is 0.376 e. The van der Waals surface area contributed by atoms with Crippen molar-refractivity contribution >= 4 is 39.6 Å². The number of carbonyl (C=O) groups is 2. The first kappa shape index (κ1) is 27.5. The molecule has 1 aromatic carbocycles. The average Bonchev–Trinajstić information content (AvgIpc) is 3.64. The van der Waals surface area contributed by atoms with Gasteiger partial charge in [-0.15, -0.1) is 0 Å². The van der Waals surface area contributed by atoms with Gasteiger partial charge >= 0.3 is 12.2 Å². The van der Waals surface area contributed by atoms with Gasteiger partial charge in [-0.1, -0.05) is 13.0 Å².